The molecule has 10 heteroatoms. The second-order valence-electron chi connectivity index (χ2n) is 9.41. The van der Waals surface area contributed by atoms with Crippen molar-refractivity contribution >= 4 is 29.2 Å². The van der Waals surface area contributed by atoms with Crippen LogP contribution in [0.5, 0.6) is 5.75 Å². The first-order valence-corrected chi connectivity index (χ1v) is 11.0. The number of phenols is 1. The Kier molecular flexibility index (Phi) is 4.67. The number of primary amides is 1. The standard InChI is InChI=1S/C24H23NO9/c1-8-10-3-2-4-12(26)15(10)18(28)17-14(8)19(34-23(32)9-5-6-9)11-7-13(27)16(22(25)31)20(29)24(11,33)21(17)30/h2-4,8-9,11,14,19,26,28-29,33H,5-7H2,1H3,(H2,25,31). The van der Waals surface area contributed by atoms with Crippen LogP contribution in [0.1, 0.15) is 43.2 Å². The van der Waals surface area contributed by atoms with Crippen LogP contribution in [0.2, 0.25) is 0 Å². The van der Waals surface area contributed by atoms with E-state index < -0.39 is 76.4 Å². The van der Waals surface area contributed by atoms with Gasteiger partial charge in [-0.2, -0.15) is 0 Å². The summed E-state index contributed by atoms with van der Waals surface area (Å²) >= 11 is 0. The second-order valence-corrected chi connectivity index (χ2v) is 9.41. The minimum atomic E-state index is -2.84. The maximum Gasteiger partial charge on any atom is 0.309 e. The molecule has 0 spiro atoms. The van der Waals surface area contributed by atoms with Crippen molar-refractivity contribution in [3.05, 3.63) is 46.2 Å². The summed E-state index contributed by atoms with van der Waals surface area (Å²) in [4.78, 5) is 50.9. The third-order valence-corrected chi connectivity index (χ3v) is 7.50. The Labute approximate surface area is 193 Å². The van der Waals surface area contributed by atoms with E-state index >= 15 is 0 Å². The van der Waals surface area contributed by atoms with Gasteiger partial charge in [0.05, 0.1) is 11.5 Å². The number of carbonyl (C=O) groups is 4. The molecule has 0 bridgehead atoms. The molecule has 10 nitrogen and oxygen atoms in total. The fourth-order valence-corrected chi connectivity index (χ4v) is 5.63. The maximum atomic E-state index is 13.7. The zero-order valence-corrected chi connectivity index (χ0v) is 18.1. The number of ether oxygens (including phenoxy) is 1. The van der Waals surface area contributed by atoms with Crippen LogP contribution in [0, 0.1) is 17.8 Å². The molecule has 1 aromatic rings. The quantitative estimate of drug-likeness (QED) is 0.317. The van der Waals surface area contributed by atoms with Crippen LogP contribution in [-0.4, -0.2) is 55.6 Å². The lowest BCUT2D eigenvalue weighted by atomic mass is 9.55. The maximum absolute atomic E-state index is 13.7. The van der Waals surface area contributed by atoms with Crippen LogP contribution in [0.15, 0.2) is 35.1 Å². The van der Waals surface area contributed by atoms with Crippen molar-refractivity contribution in [3.63, 3.8) is 0 Å². The third-order valence-electron chi connectivity index (χ3n) is 7.50. The highest BCUT2D eigenvalue weighted by molar-refractivity contribution is 6.23. The summed E-state index contributed by atoms with van der Waals surface area (Å²) in [5.74, 6) is -9.45. The Morgan fingerprint density at radius 2 is 1.82 bits per heavy atom. The van der Waals surface area contributed by atoms with Crippen molar-refractivity contribution in [2.75, 3.05) is 0 Å². The zero-order valence-electron chi connectivity index (χ0n) is 18.1. The summed E-state index contributed by atoms with van der Waals surface area (Å²) in [6, 6.07) is 4.53. The largest absolute Gasteiger partial charge is 0.508 e. The van der Waals surface area contributed by atoms with Crippen molar-refractivity contribution in [1.29, 1.82) is 0 Å². The van der Waals surface area contributed by atoms with Gasteiger partial charge < -0.3 is 30.9 Å². The number of rotatable bonds is 3. The molecule has 4 aliphatic carbocycles. The highest BCUT2D eigenvalue weighted by Gasteiger charge is 2.66. The minimum absolute atomic E-state index is 0.0191. The Morgan fingerprint density at radius 3 is 2.44 bits per heavy atom. The van der Waals surface area contributed by atoms with Crippen LogP contribution in [0.3, 0.4) is 0 Å². The van der Waals surface area contributed by atoms with Crippen molar-refractivity contribution < 1.29 is 44.3 Å². The fraction of sp³-hybridized carbons (Fsp3) is 0.417. The van der Waals surface area contributed by atoms with Gasteiger partial charge in [-0.3, -0.25) is 19.2 Å². The highest BCUT2D eigenvalue weighted by Crippen LogP contribution is 2.56. The van der Waals surface area contributed by atoms with Crippen LogP contribution < -0.4 is 5.73 Å². The minimum Gasteiger partial charge on any atom is -0.508 e. The summed E-state index contributed by atoms with van der Waals surface area (Å²) in [6.07, 6.45) is -0.656. The van der Waals surface area contributed by atoms with Crippen molar-refractivity contribution in [2.24, 2.45) is 23.5 Å². The summed E-state index contributed by atoms with van der Waals surface area (Å²) in [6.45, 7) is 1.71. The average molecular weight is 469 g/mol. The van der Waals surface area contributed by atoms with Gasteiger partial charge in [0, 0.05) is 23.8 Å². The number of aromatic hydroxyl groups is 1. The molecule has 6 N–H and O–H groups in total. The molecule has 34 heavy (non-hydrogen) atoms. The number of phenolic OH excluding ortho intramolecular Hbond substituents is 1. The number of nitrogens with two attached hydrogens (primary N) is 1. The number of hydrogen-bond acceptors (Lipinski definition) is 9. The van der Waals surface area contributed by atoms with Gasteiger partial charge in [-0.15, -0.1) is 0 Å². The monoisotopic (exact) mass is 469 g/mol. The number of benzene rings is 1. The summed E-state index contributed by atoms with van der Waals surface area (Å²) in [7, 11) is 0. The SMILES string of the molecule is CC1c2cccc(O)c2C(O)=C2C(=O)C3(O)C(O)=C(C(N)=O)C(=O)CC3C(OC(=O)C3CC3)C21. The molecule has 0 aromatic heterocycles. The summed E-state index contributed by atoms with van der Waals surface area (Å²) < 4.78 is 5.76. The molecule has 1 aromatic carbocycles. The molecule has 2 fully saturated rings. The Bertz CT molecular complexity index is 1240. The number of aliphatic hydroxyl groups is 3. The van der Waals surface area contributed by atoms with Crippen LogP contribution in [0.25, 0.3) is 5.76 Å². The lowest BCUT2D eigenvalue weighted by Gasteiger charge is -2.51. The normalized spacial score (nSPS) is 32.6. The topological polar surface area (TPSA) is 184 Å². The van der Waals surface area contributed by atoms with E-state index in [4.69, 9.17) is 10.5 Å². The van der Waals surface area contributed by atoms with Gasteiger partial charge in [0.15, 0.2) is 11.4 Å². The number of Topliss-reactive ketones (excluding diaryl/α,β-unsaturated/α-hetero) is 2. The first-order valence-electron chi connectivity index (χ1n) is 11.0. The van der Waals surface area contributed by atoms with Crippen molar-refractivity contribution in [3.8, 4) is 5.75 Å². The molecule has 4 aliphatic rings. The molecule has 1 amide bonds. The van der Waals surface area contributed by atoms with Gasteiger partial charge in [0.1, 0.15) is 28.9 Å². The van der Waals surface area contributed by atoms with Gasteiger partial charge in [-0.1, -0.05) is 19.1 Å². The number of aliphatic hydroxyl groups excluding tert-OH is 2. The zero-order chi connectivity index (χ0) is 24.7. The van der Waals surface area contributed by atoms with E-state index in [1.165, 1.54) is 6.07 Å². The predicted octanol–water partition coefficient (Wildman–Crippen LogP) is 0.917. The highest BCUT2D eigenvalue weighted by atomic mass is 16.5. The Hall–Kier alpha value is -3.66. The summed E-state index contributed by atoms with van der Waals surface area (Å²) in [5.41, 5.74) is 1.57. The number of esters is 1. The molecule has 0 heterocycles. The van der Waals surface area contributed by atoms with Crippen LogP contribution >= 0.6 is 0 Å². The number of fused-ring (bicyclic) bond motifs is 3. The van der Waals surface area contributed by atoms with Crippen molar-refractivity contribution in [1.82, 2.24) is 0 Å². The smallest absolute Gasteiger partial charge is 0.309 e. The molecular formula is C24H23NO9. The molecule has 5 unspecified atom stereocenters. The number of ketones is 2. The molecular weight excluding hydrogens is 446 g/mol. The van der Waals surface area contributed by atoms with E-state index in [9.17, 15) is 39.6 Å². The van der Waals surface area contributed by atoms with E-state index in [0.717, 1.165) is 0 Å². The molecule has 5 atom stereocenters. The molecule has 5 rings (SSSR count). The van der Waals surface area contributed by atoms with E-state index in [-0.39, 0.29) is 22.8 Å². The number of carbonyl (C=O) groups excluding carboxylic acids is 4. The van der Waals surface area contributed by atoms with Crippen LogP contribution in [0.4, 0.5) is 0 Å². The van der Waals surface area contributed by atoms with E-state index in [1.807, 2.05) is 0 Å². The Balaban J connectivity index is 1.77. The van der Waals surface area contributed by atoms with Crippen LogP contribution in [-0.2, 0) is 23.9 Å². The first kappa shape index (κ1) is 22.1. The van der Waals surface area contributed by atoms with Crippen molar-refractivity contribution in [2.45, 2.75) is 43.8 Å². The molecule has 0 radical (unpaired) electrons. The van der Waals surface area contributed by atoms with E-state index in [0.29, 0.717) is 18.4 Å². The molecule has 0 saturated heterocycles. The molecule has 178 valence electrons. The van der Waals surface area contributed by atoms with Gasteiger partial charge in [0.25, 0.3) is 5.91 Å². The fourth-order valence-electron chi connectivity index (χ4n) is 5.63. The van der Waals surface area contributed by atoms with E-state index in [2.05, 4.69) is 0 Å². The average Bonchev–Trinajstić information content (AvgIpc) is 3.61. The van der Waals surface area contributed by atoms with Gasteiger partial charge >= 0.3 is 5.97 Å². The van der Waals surface area contributed by atoms with Gasteiger partial charge in [0.2, 0.25) is 5.78 Å². The molecule has 0 aliphatic heterocycles. The summed E-state index contributed by atoms with van der Waals surface area (Å²) in [5, 5.41) is 43.8. The number of amides is 1. The predicted molar refractivity (Wildman–Crippen MR) is 114 cm³/mol. The first-order chi connectivity index (χ1) is 16.0. The third kappa shape index (κ3) is 2.78. The molecule has 2 saturated carbocycles. The van der Waals surface area contributed by atoms with E-state index in [1.54, 1.807) is 19.1 Å². The Morgan fingerprint density at radius 1 is 1.15 bits per heavy atom. The lowest BCUT2D eigenvalue weighted by Crippen LogP contribution is -2.64. The van der Waals surface area contributed by atoms with Gasteiger partial charge in [-0.05, 0) is 30.4 Å². The van der Waals surface area contributed by atoms with Gasteiger partial charge in [-0.25, -0.2) is 0 Å². The lowest BCUT2D eigenvalue weighted by molar-refractivity contribution is -0.179. The second kappa shape index (κ2) is 7.17. The number of hydrogen-bond donors (Lipinski definition) is 5.